The molecule has 0 saturated heterocycles. The third-order valence-electron chi connectivity index (χ3n) is 3.60. The van der Waals surface area contributed by atoms with Crippen LogP contribution in [0.25, 0.3) is 5.70 Å². The molecular weight excluding hydrogens is 326 g/mol. The molecular formula is C20H25N5O. The lowest BCUT2D eigenvalue weighted by Gasteiger charge is -2.15. The van der Waals surface area contributed by atoms with E-state index in [1.54, 1.807) is 14.1 Å². The average Bonchev–Trinajstić information content (AvgIpc) is 2.68. The fraction of sp³-hybridized carbons (Fsp3) is 0.200. The van der Waals surface area contributed by atoms with E-state index in [1.807, 2.05) is 60.7 Å². The van der Waals surface area contributed by atoms with Crippen molar-refractivity contribution >= 4 is 17.5 Å². The van der Waals surface area contributed by atoms with Crippen molar-refractivity contribution in [3.63, 3.8) is 0 Å². The Morgan fingerprint density at radius 3 is 2.35 bits per heavy atom. The molecule has 0 amide bonds. The fourth-order valence-electron chi connectivity index (χ4n) is 2.13. The highest BCUT2D eigenvalue weighted by Gasteiger charge is 2.05. The van der Waals surface area contributed by atoms with Gasteiger partial charge in [-0.3, -0.25) is 0 Å². The molecule has 2 aromatic carbocycles. The van der Waals surface area contributed by atoms with E-state index >= 15 is 0 Å². The lowest BCUT2D eigenvalue weighted by Crippen LogP contribution is -2.34. The molecule has 0 fully saturated rings. The fourth-order valence-corrected chi connectivity index (χ4v) is 2.13. The third-order valence-corrected chi connectivity index (χ3v) is 3.60. The lowest BCUT2D eigenvalue weighted by molar-refractivity contribution is 0.155. The zero-order valence-corrected chi connectivity index (χ0v) is 15.2. The summed E-state index contributed by atoms with van der Waals surface area (Å²) in [7, 11) is 3.51. The number of likely N-dealkylation sites (N-methyl/N-ethyl adjacent to an activating group) is 1. The van der Waals surface area contributed by atoms with Gasteiger partial charge < -0.3 is 15.8 Å². The van der Waals surface area contributed by atoms with Crippen molar-refractivity contribution < 1.29 is 4.74 Å². The van der Waals surface area contributed by atoms with Crippen molar-refractivity contribution in [3.05, 3.63) is 78.4 Å². The maximum atomic E-state index is 6.02. The summed E-state index contributed by atoms with van der Waals surface area (Å²) in [6, 6.07) is 19.6. The number of nitrogens with zero attached hydrogens (tertiary/aromatic N) is 3. The average molecular weight is 351 g/mol. The van der Waals surface area contributed by atoms with Crippen LogP contribution in [-0.2, 0) is 11.3 Å². The molecule has 0 bridgehead atoms. The summed E-state index contributed by atoms with van der Waals surface area (Å²) in [6.45, 7) is 4.80. The van der Waals surface area contributed by atoms with Crippen LogP contribution < -0.4 is 11.1 Å². The number of rotatable bonds is 7. The number of hydrogen-bond acceptors (Lipinski definition) is 3. The Labute approximate surface area is 154 Å². The number of hydrazone groups is 1. The van der Waals surface area contributed by atoms with Crippen molar-refractivity contribution in [2.45, 2.75) is 6.61 Å². The van der Waals surface area contributed by atoms with Crippen LogP contribution in [0, 0.1) is 0 Å². The number of nitrogens with two attached hydrogens (primary N) is 1. The number of aliphatic imine (C=N–C) groups is 1. The van der Waals surface area contributed by atoms with E-state index in [0.717, 1.165) is 11.1 Å². The highest BCUT2D eigenvalue weighted by atomic mass is 16.5. The molecule has 6 heteroatoms. The third kappa shape index (κ3) is 6.07. The highest BCUT2D eigenvalue weighted by Crippen LogP contribution is 2.12. The molecule has 0 spiro atoms. The Morgan fingerprint density at radius 2 is 1.73 bits per heavy atom. The first-order valence-corrected chi connectivity index (χ1v) is 8.29. The molecule has 0 aromatic heterocycles. The van der Waals surface area contributed by atoms with E-state index in [1.165, 1.54) is 5.01 Å². The zero-order valence-electron chi connectivity index (χ0n) is 15.2. The quantitative estimate of drug-likeness (QED) is 0.457. The van der Waals surface area contributed by atoms with Gasteiger partial charge >= 0.3 is 0 Å². The van der Waals surface area contributed by atoms with Crippen LogP contribution in [-0.4, -0.2) is 37.5 Å². The Balaban J connectivity index is 1.93. The monoisotopic (exact) mass is 351 g/mol. The Hall–Kier alpha value is -3.12. The van der Waals surface area contributed by atoms with E-state index < -0.39 is 0 Å². The van der Waals surface area contributed by atoms with E-state index in [2.05, 4.69) is 22.0 Å². The number of benzene rings is 2. The van der Waals surface area contributed by atoms with Gasteiger partial charge in [-0.15, -0.1) is 0 Å². The molecule has 0 aliphatic carbocycles. The highest BCUT2D eigenvalue weighted by molar-refractivity contribution is 5.88. The van der Waals surface area contributed by atoms with Crippen LogP contribution in [0.4, 0.5) is 0 Å². The van der Waals surface area contributed by atoms with E-state index in [4.69, 9.17) is 10.5 Å². The van der Waals surface area contributed by atoms with Crippen LogP contribution in [0.1, 0.15) is 11.1 Å². The lowest BCUT2D eigenvalue weighted by atomic mass is 10.2. The minimum Gasteiger partial charge on any atom is -0.373 e. The predicted molar refractivity (Wildman–Crippen MR) is 107 cm³/mol. The molecule has 3 N–H and O–H groups in total. The summed E-state index contributed by atoms with van der Waals surface area (Å²) in [5.41, 5.74) is 8.62. The van der Waals surface area contributed by atoms with Crippen molar-refractivity contribution in [2.24, 2.45) is 15.8 Å². The Bertz CT molecular complexity index is 756. The summed E-state index contributed by atoms with van der Waals surface area (Å²) >= 11 is 0. The summed E-state index contributed by atoms with van der Waals surface area (Å²) in [6.07, 6.45) is 0. The second-order valence-electron chi connectivity index (χ2n) is 5.58. The number of nitrogens with one attached hydrogen (secondary N) is 1. The van der Waals surface area contributed by atoms with Gasteiger partial charge in [-0.1, -0.05) is 67.2 Å². The van der Waals surface area contributed by atoms with Gasteiger partial charge in [-0.25, -0.2) is 10.0 Å². The molecule has 0 saturated carbocycles. The second-order valence-corrected chi connectivity index (χ2v) is 5.58. The van der Waals surface area contributed by atoms with Crippen LogP contribution in [0.3, 0.4) is 0 Å². The van der Waals surface area contributed by atoms with Gasteiger partial charge in [0.25, 0.3) is 0 Å². The van der Waals surface area contributed by atoms with E-state index in [-0.39, 0.29) is 5.96 Å². The molecule has 0 radical (unpaired) electrons. The zero-order chi connectivity index (χ0) is 18.8. The van der Waals surface area contributed by atoms with Gasteiger partial charge in [0, 0.05) is 14.1 Å². The smallest absolute Gasteiger partial charge is 0.217 e. The normalized spacial score (nSPS) is 11.9. The maximum absolute atomic E-state index is 6.02. The second kappa shape index (κ2) is 10.0. The van der Waals surface area contributed by atoms with Crippen molar-refractivity contribution in [2.75, 3.05) is 20.7 Å². The number of amidine groups is 1. The minimum absolute atomic E-state index is 0.245. The standard InChI is InChI=1S/C20H25N5O/c1-16(18-12-8-5-9-13-18)23-20(21)25(3)24-19(22-2)15-26-14-17-10-6-4-7-11-17/h4-13H,1,14-15H2,2-3H3,(H2,21,23)(H,22,24). The molecule has 2 aromatic rings. The first-order chi connectivity index (χ1) is 12.6. The molecule has 6 nitrogen and oxygen atoms in total. The van der Waals surface area contributed by atoms with Crippen LogP contribution in [0.2, 0.25) is 0 Å². The molecule has 136 valence electrons. The van der Waals surface area contributed by atoms with Crippen molar-refractivity contribution in [1.29, 1.82) is 0 Å². The van der Waals surface area contributed by atoms with Crippen LogP contribution in [0.15, 0.2) is 77.3 Å². The molecule has 0 aliphatic heterocycles. The number of ether oxygens (including phenoxy) is 1. The molecule has 26 heavy (non-hydrogen) atoms. The van der Waals surface area contributed by atoms with Gasteiger partial charge in [0.2, 0.25) is 5.96 Å². The van der Waals surface area contributed by atoms with Gasteiger partial charge in [-0.05, 0) is 11.1 Å². The first kappa shape index (κ1) is 19.2. The summed E-state index contributed by atoms with van der Waals surface area (Å²) in [5.74, 6) is 0.890. The largest absolute Gasteiger partial charge is 0.373 e. The van der Waals surface area contributed by atoms with Crippen molar-refractivity contribution in [3.8, 4) is 0 Å². The summed E-state index contributed by atoms with van der Waals surface area (Å²) < 4.78 is 5.69. The van der Waals surface area contributed by atoms with E-state index in [0.29, 0.717) is 24.7 Å². The van der Waals surface area contributed by atoms with Crippen LogP contribution in [0.5, 0.6) is 0 Å². The Morgan fingerprint density at radius 1 is 1.12 bits per heavy atom. The maximum Gasteiger partial charge on any atom is 0.217 e. The van der Waals surface area contributed by atoms with Gasteiger partial charge in [0.05, 0.1) is 12.3 Å². The molecule has 0 atom stereocenters. The predicted octanol–water partition coefficient (Wildman–Crippen LogP) is 2.65. The number of guanidine groups is 1. The molecule has 0 aliphatic rings. The first-order valence-electron chi connectivity index (χ1n) is 8.29. The minimum atomic E-state index is 0.245. The van der Waals surface area contributed by atoms with Gasteiger partial charge in [-0.2, -0.15) is 5.10 Å². The summed E-state index contributed by atoms with van der Waals surface area (Å²) in [5, 5.41) is 8.89. The topological polar surface area (TPSA) is 75.2 Å². The molecule has 0 heterocycles. The molecule has 0 unspecified atom stereocenters. The van der Waals surface area contributed by atoms with Crippen molar-refractivity contribution in [1.82, 2.24) is 10.3 Å². The summed E-state index contributed by atoms with van der Waals surface area (Å²) in [4.78, 5) is 4.31. The van der Waals surface area contributed by atoms with Gasteiger partial charge in [0.15, 0.2) is 0 Å². The Kier molecular flexibility index (Phi) is 7.39. The van der Waals surface area contributed by atoms with E-state index in [9.17, 15) is 0 Å². The van der Waals surface area contributed by atoms with Crippen LogP contribution >= 0.6 is 0 Å². The van der Waals surface area contributed by atoms with Gasteiger partial charge in [0.1, 0.15) is 12.4 Å². The SMILES string of the molecule is C=C(/N=C(/N)N(C)/N=C(/COCc1ccccc1)NC)c1ccccc1. The molecule has 2 rings (SSSR count). The number of hydrogen-bond donors (Lipinski definition) is 2.